The van der Waals surface area contributed by atoms with Gasteiger partial charge in [0.1, 0.15) is 0 Å². The summed E-state index contributed by atoms with van der Waals surface area (Å²) in [4.78, 5) is 5.55. The largest absolute Gasteiger partial charge is 0.390 e. The van der Waals surface area contributed by atoms with Gasteiger partial charge in [0.2, 0.25) is 0 Å². The van der Waals surface area contributed by atoms with Crippen LogP contribution in [-0.2, 0) is 9.57 Å². The summed E-state index contributed by atoms with van der Waals surface area (Å²) in [5.74, 6) is 0.258. The maximum Gasteiger partial charge on any atom is 0.168 e. The first-order chi connectivity index (χ1) is 8.19. The van der Waals surface area contributed by atoms with Crippen molar-refractivity contribution >= 4 is 5.71 Å². The van der Waals surface area contributed by atoms with Crippen molar-refractivity contribution in [3.8, 4) is 0 Å². The SMILES string of the molecule is OC1CCC(C2=NOC3(CCOC3)C2)CC1O. The van der Waals surface area contributed by atoms with Gasteiger partial charge in [0, 0.05) is 18.8 Å². The van der Waals surface area contributed by atoms with Crippen molar-refractivity contribution in [1.82, 2.24) is 0 Å². The van der Waals surface area contributed by atoms with Crippen LogP contribution in [-0.4, -0.2) is 46.9 Å². The Labute approximate surface area is 100 Å². The number of hydrogen-bond donors (Lipinski definition) is 2. The third kappa shape index (κ3) is 2.07. The molecule has 0 amide bonds. The van der Waals surface area contributed by atoms with Crippen molar-refractivity contribution in [3.05, 3.63) is 0 Å². The molecule has 96 valence electrons. The van der Waals surface area contributed by atoms with Gasteiger partial charge < -0.3 is 19.8 Å². The second kappa shape index (κ2) is 4.23. The number of hydrogen-bond acceptors (Lipinski definition) is 5. The Morgan fingerprint density at radius 1 is 1.24 bits per heavy atom. The second-order valence-electron chi connectivity index (χ2n) is 5.48. The summed E-state index contributed by atoms with van der Waals surface area (Å²) in [6.45, 7) is 1.37. The van der Waals surface area contributed by atoms with E-state index in [9.17, 15) is 10.2 Å². The molecule has 2 aliphatic heterocycles. The standard InChI is InChI=1S/C12H19NO4/c14-10-2-1-8(5-11(10)15)9-6-12(17-13-9)3-4-16-7-12/h8,10-11,14-15H,1-7H2. The van der Waals surface area contributed by atoms with Crippen molar-refractivity contribution < 1.29 is 19.8 Å². The minimum absolute atomic E-state index is 0.226. The molecule has 2 N–H and O–H groups in total. The lowest BCUT2D eigenvalue weighted by Gasteiger charge is -2.29. The van der Waals surface area contributed by atoms with E-state index in [0.717, 1.165) is 31.6 Å². The van der Waals surface area contributed by atoms with Gasteiger partial charge in [-0.1, -0.05) is 5.16 Å². The van der Waals surface area contributed by atoms with Crippen molar-refractivity contribution in [2.75, 3.05) is 13.2 Å². The molecule has 1 spiro atoms. The third-order valence-corrected chi connectivity index (χ3v) is 4.18. The molecule has 1 saturated carbocycles. The number of ether oxygens (including phenoxy) is 1. The molecule has 0 aromatic carbocycles. The van der Waals surface area contributed by atoms with Crippen LogP contribution in [0.3, 0.4) is 0 Å². The zero-order valence-corrected chi connectivity index (χ0v) is 9.84. The van der Waals surface area contributed by atoms with Gasteiger partial charge in [0.25, 0.3) is 0 Å². The van der Waals surface area contributed by atoms with Crippen LogP contribution < -0.4 is 0 Å². The Morgan fingerprint density at radius 2 is 2.12 bits per heavy atom. The fourth-order valence-electron chi connectivity index (χ4n) is 3.00. The lowest BCUT2D eigenvalue weighted by Crippen LogP contribution is -2.37. The Hall–Kier alpha value is -0.650. The summed E-state index contributed by atoms with van der Waals surface area (Å²) in [6, 6.07) is 0. The molecule has 2 fully saturated rings. The van der Waals surface area contributed by atoms with Crippen LogP contribution in [0, 0.1) is 5.92 Å². The molecular formula is C12H19NO4. The molecule has 17 heavy (non-hydrogen) atoms. The van der Waals surface area contributed by atoms with Crippen molar-refractivity contribution in [2.45, 2.75) is 49.9 Å². The van der Waals surface area contributed by atoms with E-state index >= 15 is 0 Å². The first kappa shape index (κ1) is 11.4. The van der Waals surface area contributed by atoms with Crippen LogP contribution in [0.1, 0.15) is 32.1 Å². The highest BCUT2D eigenvalue weighted by molar-refractivity contribution is 5.88. The molecular weight excluding hydrogens is 222 g/mol. The van der Waals surface area contributed by atoms with Crippen molar-refractivity contribution in [2.24, 2.45) is 11.1 Å². The quantitative estimate of drug-likeness (QED) is 0.699. The molecule has 0 bridgehead atoms. The van der Waals surface area contributed by atoms with E-state index < -0.39 is 12.2 Å². The molecule has 1 aliphatic carbocycles. The van der Waals surface area contributed by atoms with Gasteiger partial charge in [-0.15, -0.1) is 0 Å². The summed E-state index contributed by atoms with van der Waals surface area (Å²) in [7, 11) is 0. The Bertz CT molecular complexity index is 324. The highest BCUT2D eigenvalue weighted by Gasteiger charge is 2.45. The Kier molecular flexibility index (Phi) is 2.84. The minimum atomic E-state index is -0.618. The fourth-order valence-corrected chi connectivity index (χ4v) is 3.00. The van der Waals surface area contributed by atoms with E-state index in [1.165, 1.54) is 0 Å². The summed E-state index contributed by atoms with van der Waals surface area (Å²) < 4.78 is 5.37. The minimum Gasteiger partial charge on any atom is -0.390 e. The monoisotopic (exact) mass is 241 g/mol. The second-order valence-corrected chi connectivity index (χ2v) is 5.48. The molecule has 4 unspecified atom stereocenters. The van der Waals surface area contributed by atoms with Crippen LogP contribution >= 0.6 is 0 Å². The number of aliphatic hydroxyl groups is 2. The van der Waals surface area contributed by atoms with Gasteiger partial charge in [-0.3, -0.25) is 0 Å². The van der Waals surface area contributed by atoms with E-state index in [0.29, 0.717) is 19.4 Å². The van der Waals surface area contributed by atoms with E-state index in [-0.39, 0.29) is 11.5 Å². The van der Waals surface area contributed by atoms with Gasteiger partial charge in [-0.05, 0) is 19.3 Å². The van der Waals surface area contributed by atoms with Crippen LogP contribution in [0.5, 0.6) is 0 Å². The van der Waals surface area contributed by atoms with Gasteiger partial charge in [0.05, 0.1) is 31.1 Å². The summed E-state index contributed by atoms with van der Waals surface area (Å²) in [5, 5.41) is 23.4. The Balaban J connectivity index is 1.63. The zero-order valence-electron chi connectivity index (χ0n) is 9.84. The summed E-state index contributed by atoms with van der Waals surface area (Å²) in [5.41, 5.74) is 0.817. The van der Waals surface area contributed by atoms with Gasteiger partial charge in [-0.2, -0.15) is 0 Å². The predicted molar refractivity (Wildman–Crippen MR) is 60.7 cm³/mol. The smallest absolute Gasteiger partial charge is 0.168 e. The van der Waals surface area contributed by atoms with E-state index in [1.807, 2.05) is 0 Å². The molecule has 2 heterocycles. The molecule has 1 saturated heterocycles. The van der Waals surface area contributed by atoms with E-state index in [1.54, 1.807) is 0 Å². The van der Waals surface area contributed by atoms with Gasteiger partial charge in [0.15, 0.2) is 5.60 Å². The number of nitrogens with zero attached hydrogens (tertiary/aromatic N) is 1. The lowest BCUT2D eigenvalue weighted by molar-refractivity contribution is -0.0238. The van der Waals surface area contributed by atoms with Crippen LogP contribution in [0.4, 0.5) is 0 Å². The van der Waals surface area contributed by atoms with E-state index in [2.05, 4.69) is 5.16 Å². The molecule has 5 nitrogen and oxygen atoms in total. The lowest BCUT2D eigenvalue weighted by atomic mass is 9.79. The van der Waals surface area contributed by atoms with Crippen LogP contribution in [0.25, 0.3) is 0 Å². The summed E-state index contributed by atoms with van der Waals surface area (Å²) in [6.07, 6.45) is 2.66. The maximum atomic E-state index is 9.69. The third-order valence-electron chi connectivity index (χ3n) is 4.18. The normalized spacial score (nSPS) is 46.0. The fraction of sp³-hybridized carbons (Fsp3) is 0.917. The zero-order chi connectivity index (χ0) is 11.9. The number of oxime groups is 1. The average molecular weight is 241 g/mol. The van der Waals surface area contributed by atoms with E-state index in [4.69, 9.17) is 9.57 Å². The van der Waals surface area contributed by atoms with Crippen molar-refractivity contribution in [1.29, 1.82) is 0 Å². The molecule has 3 aliphatic rings. The Morgan fingerprint density at radius 3 is 2.82 bits per heavy atom. The predicted octanol–water partition coefficient (Wildman–Crippen LogP) is 0.444. The number of rotatable bonds is 1. The highest BCUT2D eigenvalue weighted by Crippen LogP contribution is 2.37. The molecule has 5 heteroatoms. The van der Waals surface area contributed by atoms with Gasteiger partial charge in [-0.25, -0.2) is 0 Å². The molecule has 4 atom stereocenters. The summed E-state index contributed by atoms with van der Waals surface area (Å²) >= 11 is 0. The first-order valence-corrected chi connectivity index (χ1v) is 6.37. The average Bonchev–Trinajstić information content (AvgIpc) is 2.94. The van der Waals surface area contributed by atoms with Crippen molar-refractivity contribution in [3.63, 3.8) is 0 Å². The topological polar surface area (TPSA) is 71.3 Å². The number of aliphatic hydroxyl groups excluding tert-OH is 2. The highest BCUT2D eigenvalue weighted by atomic mass is 16.7. The molecule has 0 aromatic rings. The molecule has 0 radical (unpaired) electrons. The van der Waals surface area contributed by atoms with Crippen LogP contribution in [0.15, 0.2) is 5.16 Å². The molecule has 3 rings (SSSR count). The van der Waals surface area contributed by atoms with Crippen LogP contribution in [0.2, 0.25) is 0 Å². The maximum absolute atomic E-state index is 9.69. The molecule has 0 aromatic heterocycles. The van der Waals surface area contributed by atoms with Gasteiger partial charge >= 0.3 is 0 Å². The first-order valence-electron chi connectivity index (χ1n) is 6.37.